The van der Waals surface area contributed by atoms with Crippen LogP contribution in [0.25, 0.3) is 0 Å². The maximum atomic E-state index is 12.2. The van der Waals surface area contributed by atoms with E-state index in [9.17, 15) is 4.79 Å². The molecule has 2 atom stereocenters. The van der Waals surface area contributed by atoms with Crippen molar-refractivity contribution in [3.05, 3.63) is 29.6 Å². The zero-order chi connectivity index (χ0) is 14.4. The highest BCUT2D eigenvalue weighted by atomic mass is 16.5. The third-order valence-corrected chi connectivity index (χ3v) is 3.68. The fourth-order valence-corrected chi connectivity index (χ4v) is 2.53. The average Bonchev–Trinajstić information content (AvgIpc) is 2.94. The van der Waals surface area contributed by atoms with E-state index in [1.165, 1.54) is 5.56 Å². The molecule has 1 saturated heterocycles. The van der Waals surface area contributed by atoms with E-state index in [4.69, 9.17) is 4.74 Å². The monoisotopic (exact) mass is 277 g/mol. The van der Waals surface area contributed by atoms with E-state index >= 15 is 0 Å². The number of pyridine rings is 1. The van der Waals surface area contributed by atoms with Gasteiger partial charge in [-0.05, 0) is 24.6 Å². The Bertz CT molecular complexity index is 450. The Morgan fingerprint density at radius 1 is 1.45 bits per heavy atom. The van der Waals surface area contributed by atoms with E-state index in [0.717, 1.165) is 18.7 Å². The summed E-state index contributed by atoms with van der Waals surface area (Å²) < 4.78 is 5.40. The molecule has 5 heteroatoms. The normalized spacial score (nSPS) is 21.9. The van der Waals surface area contributed by atoms with Gasteiger partial charge >= 0.3 is 0 Å². The van der Waals surface area contributed by atoms with Crippen molar-refractivity contribution in [2.45, 2.75) is 32.9 Å². The van der Waals surface area contributed by atoms with E-state index < -0.39 is 0 Å². The van der Waals surface area contributed by atoms with Crippen molar-refractivity contribution < 1.29 is 9.53 Å². The Balaban J connectivity index is 1.91. The molecule has 0 spiro atoms. The smallest absolute Gasteiger partial charge is 0.227 e. The van der Waals surface area contributed by atoms with Gasteiger partial charge in [0.15, 0.2) is 0 Å². The molecule has 5 nitrogen and oxygen atoms in total. The molecular weight excluding hydrogens is 254 g/mol. The number of nitrogens with one attached hydrogen (secondary N) is 2. The minimum atomic E-state index is -0.108. The topological polar surface area (TPSA) is 63.2 Å². The van der Waals surface area contributed by atoms with Gasteiger partial charge in [0.05, 0.1) is 31.4 Å². The highest BCUT2D eigenvalue weighted by molar-refractivity contribution is 5.79. The van der Waals surface area contributed by atoms with Crippen molar-refractivity contribution in [2.75, 3.05) is 19.8 Å². The minimum Gasteiger partial charge on any atom is -0.379 e. The highest BCUT2D eigenvalue weighted by Crippen LogP contribution is 2.14. The summed E-state index contributed by atoms with van der Waals surface area (Å²) in [5.74, 6) is -0.0649. The Morgan fingerprint density at radius 3 is 3.05 bits per heavy atom. The second kappa shape index (κ2) is 7.36. The molecule has 20 heavy (non-hydrogen) atoms. The quantitative estimate of drug-likeness (QED) is 0.810. The van der Waals surface area contributed by atoms with Gasteiger partial charge in [0, 0.05) is 12.2 Å². The number of amides is 1. The Labute approximate surface area is 120 Å². The van der Waals surface area contributed by atoms with Gasteiger partial charge in [0.25, 0.3) is 0 Å². The van der Waals surface area contributed by atoms with Crippen LogP contribution in [0.5, 0.6) is 0 Å². The first kappa shape index (κ1) is 14.9. The van der Waals surface area contributed by atoms with Crippen molar-refractivity contribution in [3.8, 4) is 0 Å². The molecule has 2 N–H and O–H groups in total. The van der Waals surface area contributed by atoms with Crippen molar-refractivity contribution >= 4 is 5.91 Å². The second-order valence-electron chi connectivity index (χ2n) is 4.99. The van der Waals surface area contributed by atoms with Gasteiger partial charge in [-0.25, -0.2) is 0 Å². The Hall–Kier alpha value is -1.46. The summed E-state index contributed by atoms with van der Waals surface area (Å²) >= 11 is 0. The third-order valence-electron chi connectivity index (χ3n) is 3.68. The Morgan fingerprint density at radius 2 is 2.30 bits per heavy atom. The van der Waals surface area contributed by atoms with Crippen LogP contribution in [0.15, 0.2) is 18.3 Å². The Kier molecular flexibility index (Phi) is 5.49. The molecule has 110 valence electrons. The standard InChI is InChI=1S/C15H23N3O2/c1-3-11-6-5-7-17-13(11)8-18-15(19)12-9-20-10-14(12)16-4-2/h5-7,12,14,16H,3-4,8-10H2,1-2H3,(H,18,19). The number of hydrogen-bond donors (Lipinski definition) is 2. The summed E-state index contributed by atoms with van der Waals surface area (Å²) in [5.41, 5.74) is 2.13. The second-order valence-corrected chi connectivity index (χ2v) is 4.99. The number of ether oxygens (including phenoxy) is 1. The molecule has 1 fully saturated rings. The van der Waals surface area contributed by atoms with Crippen LogP contribution in [0.3, 0.4) is 0 Å². The third kappa shape index (κ3) is 3.55. The van der Waals surface area contributed by atoms with Crippen molar-refractivity contribution in [2.24, 2.45) is 5.92 Å². The predicted molar refractivity (Wildman–Crippen MR) is 77.2 cm³/mol. The lowest BCUT2D eigenvalue weighted by Gasteiger charge is -2.18. The number of hydrogen-bond acceptors (Lipinski definition) is 4. The summed E-state index contributed by atoms with van der Waals surface area (Å²) in [7, 11) is 0. The number of carbonyl (C=O) groups is 1. The summed E-state index contributed by atoms with van der Waals surface area (Å²) in [4.78, 5) is 16.6. The fourth-order valence-electron chi connectivity index (χ4n) is 2.53. The van der Waals surface area contributed by atoms with Gasteiger partial charge in [-0.2, -0.15) is 0 Å². The minimum absolute atomic E-state index is 0.0427. The largest absolute Gasteiger partial charge is 0.379 e. The maximum absolute atomic E-state index is 12.2. The van der Waals surface area contributed by atoms with Crippen molar-refractivity contribution in [3.63, 3.8) is 0 Å². The SMILES string of the molecule is CCNC1COCC1C(=O)NCc1ncccc1CC. The molecule has 0 radical (unpaired) electrons. The van der Waals surface area contributed by atoms with Crippen LogP contribution in [0.1, 0.15) is 25.1 Å². The van der Waals surface area contributed by atoms with Crippen LogP contribution in [0, 0.1) is 5.92 Å². The van der Waals surface area contributed by atoms with Gasteiger partial charge in [0.1, 0.15) is 0 Å². The lowest BCUT2D eigenvalue weighted by molar-refractivity contribution is -0.125. The molecule has 0 aromatic carbocycles. The molecule has 1 amide bonds. The molecule has 2 heterocycles. The number of carbonyl (C=O) groups excluding carboxylic acids is 1. The van der Waals surface area contributed by atoms with Gasteiger partial charge < -0.3 is 15.4 Å². The summed E-state index contributed by atoms with van der Waals surface area (Å²) in [5, 5.41) is 6.28. The van der Waals surface area contributed by atoms with Gasteiger partial charge in [0.2, 0.25) is 5.91 Å². The van der Waals surface area contributed by atoms with E-state index in [0.29, 0.717) is 19.8 Å². The molecule has 2 rings (SSSR count). The van der Waals surface area contributed by atoms with E-state index in [1.54, 1.807) is 6.20 Å². The molecule has 0 aliphatic carbocycles. The lowest BCUT2D eigenvalue weighted by Crippen LogP contribution is -2.43. The average molecular weight is 277 g/mol. The first-order valence-corrected chi connectivity index (χ1v) is 7.27. The van der Waals surface area contributed by atoms with Gasteiger partial charge in [-0.3, -0.25) is 9.78 Å². The molecule has 0 saturated carbocycles. The van der Waals surface area contributed by atoms with Crippen LogP contribution in [0.4, 0.5) is 0 Å². The number of aromatic nitrogens is 1. The zero-order valence-electron chi connectivity index (χ0n) is 12.2. The molecule has 1 aromatic heterocycles. The summed E-state index contributed by atoms with van der Waals surface area (Å²) in [6.07, 6.45) is 2.69. The van der Waals surface area contributed by atoms with Crippen molar-refractivity contribution in [1.82, 2.24) is 15.6 Å². The lowest BCUT2D eigenvalue weighted by atomic mass is 10.0. The van der Waals surface area contributed by atoms with Crippen LogP contribution < -0.4 is 10.6 Å². The molecule has 2 unspecified atom stereocenters. The predicted octanol–water partition coefficient (Wildman–Crippen LogP) is 0.885. The molecular formula is C15H23N3O2. The number of aryl methyl sites for hydroxylation is 1. The molecule has 1 aliphatic heterocycles. The molecule has 1 aromatic rings. The van der Waals surface area contributed by atoms with Crippen LogP contribution in [-0.2, 0) is 22.5 Å². The van der Waals surface area contributed by atoms with Crippen LogP contribution >= 0.6 is 0 Å². The van der Waals surface area contributed by atoms with Crippen LogP contribution in [-0.4, -0.2) is 36.7 Å². The maximum Gasteiger partial charge on any atom is 0.227 e. The number of nitrogens with zero attached hydrogens (tertiary/aromatic N) is 1. The highest BCUT2D eigenvalue weighted by Gasteiger charge is 2.33. The van der Waals surface area contributed by atoms with E-state index in [-0.39, 0.29) is 17.9 Å². The van der Waals surface area contributed by atoms with Gasteiger partial charge in [-0.1, -0.05) is 19.9 Å². The van der Waals surface area contributed by atoms with Crippen LogP contribution in [0.2, 0.25) is 0 Å². The van der Waals surface area contributed by atoms with E-state index in [1.807, 2.05) is 13.0 Å². The summed E-state index contributed by atoms with van der Waals surface area (Å²) in [6, 6.07) is 4.10. The molecule has 1 aliphatic rings. The number of likely N-dealkylation sites (N-methyl/N-ethyl adjacent to an activating group) is 1. The van der Waals surface area contributed by atoms with Crippen molar-refractivity contribution in [1.29, 1.82) is 0 Å². The first-order chi connectivity index (χ1) is 9.76. The first-order valence-electron chi connectivity index (χ1n) is 7.27. The fraction of sp³-hybridized carbons (Fsp3) is 0.600. The summed E-state index contributed by atoms with van der Waals surface area (Å²) in [6.45, 7) is 6.56. The zero-order valence-corrected chi connectivity index (χ0v) is 12.2. The number of rotatable bonds is 6. The molecule has 0 bridgehead atoms. The van der Waals surface area contributed by atoms with E-state index in [2.05, 4.69) is 28.6 Å². The van der Waals surface area contributed by atoms with Gasteiger partial charge in [-0.15, -0.1) is 0 Å².